The Balaban J connectivity index is 1.91. The summed E-state index contributed by atoms with van der Waals surface area (Å²) in [6.45, 7) is 1.53. The van der Waals surface area contributed by atoms with Crippen LogP contribution >= 0.6 is 0 Å². The zero-order valence-corrected chi connectivity index (χ0v) is 11.8. The Kier molecular flexibility index (Phi) is 3.88. The first-order valence-electron chi connectivity index (χ1n) is 7.28. The molecule has 0 saturated carbocycles. The van der Waals surface area contributed by atoms with Gasteiger partial charge in [-0.25, -0.2) is 4.39 Å². The van der Waals surface area contributed by atoms with Gasteiger partial charge in [0.2, 0.25) is 0 Å². The molecule has 1 unspecified atom stereocenters. The first-order chi connectivity index (χ1) is 10.2. The second-order valence-electron chi connectivity index (χ2n) is 5.56. The molecule has 110 valence electrons. The van der Waals surface area contributed by atoms with Gasteiger partial charge in [0, 0.05) is 30.6 Å². The third kappa shape index (κ3) is 2.63. The van der Waals surface area contributed by atoms with Crippen LogP contribution in [0.4, 0.5) is 4.39 Å². The van der Waals surface area contributed by atoms with Crippen LogP contribution in [-0.4, -0.2) is 35.6 Å². The lowest BCUT2D eigenvalue weighted by Gasteiger charge is -2.18. The maximum absolute atomic E-state index is 13.8. The van der Waals surface area contributed by atoms with Crippen LogP contribution in [0.3, 0.4) is 0 Å². The maximum Gasteiger partial charge on any atom is 0.254 e. The minimum Gasteiger partial charge on any atom is -0.396 e. The molecule has 0 aliphatic carbocycles. The van der Waals surface area contributed by atoms with Crippen LogP contribution in [0, 0.1) is 11.7 Å². The number of carbonyl (C=O) groups excluding carboxylic acids is 1. The van der Waals surface area contributed by atoms with E-state index in [-0.39, 0.29) is 18.3 Å². The van der Waals surface area contributed by atoms with Crippen LogP contribution in [-0.2, 0) is 0 Å². The van der Waals surface area contributed by atoms with Gasteiger partial charge in [0.15, 0.2) is 0 Å². The van der Waals surface area contributed by atoms with E-state index in [1.165, 1.54) is 6.07 Å². The molecule has 1 amide bonds. The van der Waals surface area contributed by atoms with Crippen LogP contribution in [0.2, 0.25) is 0 Å². The lowest BCUT2D eigenvalue weighted by Crippen LogP contribution is -2.29. The van der Waals surface area contributed by atoms with E-state index in [2.05, 4.69) is 0 Å². The van der Waals surface area contributed by atoms with Crippen LogP contribution < -0.4 is 0 Å². The van der Waals surface area contributed by atoms with Gasteiger partial charge < -0.3 is 10.0 Å². The summed E-state index contributed by atoms with van der Waals surface area (Å²) in [6, 6.07) is 9.99. The molecule has 2 aromatic carbocycles. The van der Waals surface area contributed by atoms with E-state index < -0.39 is 0 Å². The highest BCUT2D eigenvalue weighted by atomic mass is 19.1. The Labute approximate surface area is 123 Å². The summed E-state index contributed by atoms with van der Waals surface area (Å²) >= 11 is 0. The van der Waals surface area contributed by atoms with Crippen molar-refractivity contribution in [2.24, 2.45) is 5.92 Å². The number of aliphatic hydroxyl groups excluding tert-OH is 1. The maximum atomic E-state index is 13.8. The number of fused-ring (bicyclic) bond motifs is 1. The van der Waals surface area contributed by atoms with Gasteiger partial charge in [-0.1, -0.05) is 24.3 Å². The number of nitrogens with zero attached hydrogens (tertiary/aromatic N) is 1. The number of benzene rings is 2. The predicted octanol–water partition coefficient (Wildman–Crippen LogP) is 2.82. The van der Waals surface area contributed by atoms with E-state index >= 15 is 0 Å². The van der Waals surface area contributed by atoms with Gasteiger partial charge >= 0.3 is 0 Å². The molecule has 21 heavy (non-hydrogen) atoms. The standard InChI is InChI=1S/C17H18FNO2/c18-16-6-5-15(13-3-1-2-4-14(13)16)17(21)19-9-7-12(11-19)8-10-20/h1-6,12,20H,7-11H2. The fourth-order valence-electron chi connectivity index (χ4n) is 3.05. The summed E-state index contributed by atoms with van der Waals surface area (Å²) in [7, 11) is 0. The lowest BCUT2D eigenvalue weighted by molar-refractivity contribution is 0.0786. The Bertz CT molecular complexity index is 671. The molecule has 1 heterocycles. The van der Waals surface area contributed by atoms with Crippen LogP contribution in [0.25, 0.3) is 10.8 Å². The van der Waals surface area contributed by atoms with Crippen molar-refractivity contribution >= 4 is 16.7 Å². The fraction of sp³-hybridized carbons (Fsp3) is 0.353. The minimum absolute atomic E-state index is 0.0494. The minimum atomic E-state index is -0.304. The molecule has 2 aromatic rings. The third-order valence-electron chi connectivity index (χ3n) is 4.21. The van der Waals surface area contributed by atoms with E-state index in [1.807, 2.05) is 6.07 Å². The zero-order chi connectivity index (χ0) is 14.8. The highest BCUT2D eigenvalue weighted by Gasteiger charge is 2.27. The number of carbonyl (C=O) groups is 1. The highest BCUT2D eigenvalue weighted by Crippen LogP contribution is 2.26. The molecule has 1 N–H and O–H groups in total. The van der Waals surface area contributed by atoms with Crippen molar-refractivity contribution in [2.75, 3.05) is 19.7 Å². The van der Waals surface area contributed by atoms with Crippen molar-refractivity contribution < 1.29 is 14.3 Å². The monoisotopic (exact) mass is 287 g/mol. The van der Waals surface area contributed by atoms with Gasteiger partial charge in [0.05, 0.1) is 0 Å². The molecule has 0 radical (unpaired) electrons. The Morgan fingerprint density at radius 3 is 2.76 bits per heavy atom. The molecule has 0 aromatic heterocycles. The lowest BCUT2D eigenvalue weighted by atomic mass is 10.0. The van der Waals surface area contributed by atoms with E-state index in [4.69, 9.17) is 5.11 Å². The largest absolute Gasteiger partial charge is 0.396 e. The number of halogens is 1. The van der Waals surface area contributed by atoms with Crippen LogP contribution in [0.5, 0.6) is 0 Å². The summed E-state index contributed by atoms with van der Waals surface area (Å²) < 4.78 is 13.8. The Hall–Kier alpha value is -1.94. The number of rotatable bonds is 3. The second kappa shape index (κ2) is 5.82. The van der Waals surface area contributed by atoms with E-state index in [0.717, 1.165) is 12.8 Å². The number of hydrogen-bond donors (Lipinski definition) is 1. The van der Waals surface area contributed by atoms with Crippen LogP contribution in [0.1, 0.15) is 23.2 Å². The van der Waals surface area contributed by atoms with Crippen molar-refractivity contribution in [3.8, 4) is 0 Å². The second-order valence-corrected chi connectivity index (χ2v) is 5.56. The highest BCUT2D eigenvalue weighted by molar-refractivity contribution is 6.07. The topological polar surface area (TPSA) is 40.5 Å². The molecule has 0 bridgehead atoms. The predicted molar refractivity (Wildman–Crippen MR) is 79.6 cm³/mol. The molecule has 3 nitrogen and oxygen atoms in total. The molecule has 3 rings (SSSR count). The molecular formula is C17H18FNO2. The first-order valence-corrected chi connectivity index (χ1v) is 7.28. The zero-order valence-electron chi connectivity index (χ0n) is 11.8. The first kappa shape index (κ1) is 14.0. The van der Waals surface area contributed by atoms with E-state index in [9.17, 15) is 9.18 Å². The van der Waals surface area contributed by atoms with Crippen molar-refractivity contribution in [2.45, 2.75) is 12.8 Å². The van der Waals surface area contributed by atoms with Gasteiger partial charge in [0.1, 0.15) is 5.82 Å². The van der Waals surface area contributed by atoms with Gasteiger partial charge in [0.25, 0.3) is 5.91 Å². The van der Waals surface area contributed by atoms with E-state index in [0.29, 0.717) is 35.3 Å². The van der Waals surface area contributed by atoms with Crippen molar-refractivity contribution in [1.82, 2.24) is 4.90 Å². The molecule has 4 heteroatoms. The number of amides is 1. The summed E-state index contributed by atoms with van der Waals surface area (Å²) in [5, 5.41) is 10.1. The Morgan fingerprint density at radius 1 is 1.24 bits per heavy atom. The number of likely N-dealkylation sites (tertiary alicyclic amines) is 1. The van der Waals surface area contributed by atoms with Gasteiger partial charge in [-0.2, -0.15) is 0 Å². The summed E-state index contributed by atoms with van der Waals surface area (Å²) in [6.07, 6.45) is 1.65. The molecule has 1 aliphatic rings. The Morgan fingerprint density at radius 2 is 2.00 bits per heavy atom. The smallest absolute Gasteiger partial charge is 0.254 e. The molecule has 1 atom stereocenters. The van der Waals surface area contributed by atoms with Crippen molar-refractivity contribution in [1.29, 1.82) is 0 Å². The fourth-order valence-corrected chi connectivity index (χ4v) is 3.05. The molecule has 1 saturated heterocycles. The average Bonchev–Trinajstić information content (AvgIpc) is 2.96. The quantitative estimate of drug-likeness (QED) is 0.943. The van der Waals surface area contributed by atoms with E-state index in [1.54, 1.807) is 29.2 Å². The van der Waals surface area contributed by atoms with Crippen LogP contribution in [0.15, 0.2) is 36.4 Å². The number of hydrogen-bond acceptors (Lipinski definition) is 2. The van der Waals surface area contributed by atoms with Crippen molar-refractivity contribution in [3.05, 3.63) is 47.8 Å². The summed E-state index contributed by atoms with van der Waals surface area (Å²) in [4.78, 5) is 14.5. The van der Waals surface area contributed by atoms with Gasteiger partial charge in [-0.15, -0.1) is 0 Å². The average molecular weight is 287 g/mol. The normalized spacial score (nSPS) is 18.4. The molecule has 1 fully saturated rings. The third-order valence-corrected chi connectivity index (χ3v) is 4.21. The number of aliphatic hydroxyl groups is 1. The molecule has 0 spiro atoms. The molecule has 1 aliphatic heterocycles. The SMILES string of the molecule is O=C(c1ccc(F)c2ccccc12)N1CCC(CCO)C1. The molecular weight excluding hydrogens is 269 g/mol. The van der Waals surface area contributed by atoms with Gasteiger partial charge in [-0.3, -0.25) is 4.79 Å². The summed E-state index contributed by atoms with van der Waals surface area (Å²) in [5.74, 6) is 0.0130. The van der Waals surface area contributed by atoms with Gasteiger partial charge in [-0.05, 0) is 36.3 Å². The van der Waals surface area contributed by atoms with Crippen molar-refractivity contribution in [3.63, 3.8) is 0 Å². The summed E-state index contributed by atoms with van der Waals surface area (Å²) in [5.41, 5.74) is 0.552.